The first-order valence-corrected chi connectivity index (χ1v) is 38.3. The van der Waals surface area contributed by atoms with Gasteiger partial charge in [0.05, 0.1) is 34.5 Å². The minimum atomic E-state index is -2.39. The van der Waals surface area contributed by atoms with Crippen LogP contribution < -0.4 is 32.1 Å². The Hall–Kier alpha value is -7.14. The summed E-state index contributed by atoms with van der Waals surface area (Å²) in [5.41, 5.74) is 3.10. The van der Waals surface area contributed by atoms with E-state index < -0.39 is 178 Å². The van der Waals surface area contributed by atoms with Crippen LogP contribution in [0.25, 0.3) is 27.9 Å². The number of alkyl carbamates (subject to hydrolysis) is 2. The molecule has 0 radical (unpaired) electrons. The van der Waals surface area contributed by atoms with E-state index in [2.05, 4.69) is 64.6 Å². The highest BCUT2D eigenvalue weighted by molar-refractivity contribution is 9.10. The topological polar surface area (TPSA) is 362 Å². The molecule has 624 valence electrons. The second kappa shape index (κ2) is 44.7. The molecular weight excluding hydrogens is 1670 g/mol. The third-order valence-electron chi connectivity index (χ3n) is 16.2. The van der Waals surface area contributed by atoms with E-state index >= 15 is 0 Å². The van der Waals surface area contributed by atoms with Crippen molar-refractivity contribution in [3.63, 3.8) is 0 Å². The van der Waals surface area contributed by atoms with Crippen molar-refractivity contribution >= 4 is 173 Å². The number of rotatable bonds is 26. The molecule has 0 saturated carbocycles. The average molecular weight is 1770 g/mol. The number of amides is 6. The summed E-state index contributed by atoms with van der Waals surface area (Å²) in [5, 5.41) is 32.7. The maximum atomic E-state index is 14.6. The highest BCUT2D eigenvalue weighted by Gasteiger charge is 2.43. The van der Waals surface area contributed by atoms with Crippen molar-refractivity contribution in [1.82, 2.24) is 52.1 Å². The predicted octanol–water partition coefficient (Wildman–Crippen LogP) is 12.9. The Morgan fingerprint density at radius 1 is 0.598 bits per heavy atom. The number of halogens is 11. The fourth-order valence-electron chi connectivity index (χ4n) is 9.81. The Balaban J connectivity index is 0.000000465. The number of nitrogens with zero attached hydrogens (tertiary/aromatic N) is 4. The molecule has 2 aliphatic rings. The second-order valence-electron chi connectivity index (χ2n) is 29.0. The monoisotopic (exact) mass is 1760 g/mol. The fraction of sp³-hybridized carbons (Fsp3) is 0.568. The van der Waals surface area contributed by atoms with E-state index in [1.807, 2.05) is 64.1 Å². The molecule has 2 fully saturated rings. The van der Waals surface area contributed by atoms with Gasteiger partial charge in [-0.3, -0.25) is 58.3 Å². The smallest absolute Gasteiger partial charge is 0.408 e. The minimum absolute atomic E-state index is 0.205. The molecule has 0 unspecified atom stereocenters. The van der Waals surface area contributed by atoms with Gasteiger partial charge in [0.1, 0.15) is 92.2 Å². The number of esters is 3. The maximum absolute atomic E-state index is 14.6. The number of aliphatic carboxylic acids is 1. The summed E-state index contributed by atoms with van der Waals surface area (Å²) in [4.78, 5) is 132. The van der Waals surface area contributed by atoms with Crippen LogP contribution in [0.1, 0.15) is 152 Å². The number of aliphatic hydroxyl groups is 1. The van der Waals surface area contributed by atoms with Gasteiger partial charge < -0.3 is 55.2 Å². The van der Waals surface area contributed by atoms with Crippen LogP contribution in [0.15, 0.2) is 83.9 Å². The maximum Gasteiger partial charge on any atom is 0.408 e. The number of fused-ring (bicyclic) bond motifs is 2. The zero-order chi connectivity index (χ0) is 85.2. The molecule has 6 amide bonds. The number of ether oxygens (including phenoxy) is 5. The van der Waals surface area contributed by atoms with Gasteiger partial charge in [0, 0.05) is 28.3 Å². The standard InChI is InChI=1S/C37H48Cl3F2N5O8.C16H19BrN2O2.C15H24Cl3N3O5.C6H8F2O2/c1-21(2)29(30(48)43-23(4)31(49)47-16-8-9-27(46-47)32(50)53-20-37(38,39)40)54-33(51)36(18-41,19-42)15-14-24-10-11-25-12-13-26(45-28(25)17-24)22(3)44-34(52)55-35(5,6)7;1-10(18-15(20)21-16(2,3)4)13-8-6-11-5-7-12(17)9-14(11)19-13;1-8(2)11(22)12(23)19-9(3)13(24)21-6-4-5-10(20-21)14(25)26-7-15(16,17)18;1-2-6(3-7,4-8)5(9)10/h10-15,17,21-23,27,29,46H,8-9,16,18-20H2,1-7H3,(H,43,48)(H,44,52);5-10H,1-4H3,(H,18,20);8-11,20,22H,4-7H2,1-3H3,(H,19,23);2H,1,3-4H2,(H,9,10)/b15-14+;;;/t22-,23+,27+,29+;10-;9-,10-,11-;/m110./s1. The third kappa shape index (κ3) is 33.0. The van der Waals surface area contributed by atoms with E-state index in [0.29, 0.717) is 49.0 Å². The number of hydrogen-bond acceptors (Lipinski definition) is 20. The zero-order valence-electron chi connectivity index (χ0n) is 64.4. The largest absolute Gasteiger partial charge is 0.480 e. The molecule has 2 aromatic carbocycles. The summed E-state index contributed by atoms with van der Waals surface area (Å²) in [6.45, 7) is 21.0. The van der Waals surface area contributed by atoms with Crippen molar-refractivity contribution < 1.29 is 99.4 Å². The lowest BCUT2D eigenvalue weighted by Gasteiger charge is -2.35. The van der Waals surface area contributed by atoms with E-state index in [9.17, 15) is 70.6 Å². The summed E-state index contributed by atoms with van der Waals surface area (Å²) in [6, 6.07) is 14.0. The van der Waals surface area contributed by atoms with Crippen LogP contribution in [0.4, 0.5) is 27.2 Å². The van der Waals surface area contributed by atoms with Gasteiger partial charge in [-0.05, 0) is 143 Å². The number of hydrogen-bond donors (Lipinski definition) is 8. The van der Waals surface area contributed by atoms with Crippen molar-refractivity contribution in [2.75, 3.05) is 53.0 Å². The Morgan fingerprint density at radius 3 is 1.37 bits per heavy atom. The van der Waals surface area contributed by atoms with Crippen LogP contribution >= 0.6 is 85.5 Å². The second-order valence-corrected chi connectivity index (χ2v) is 34.9. The van der Waals surface area contributed by atoms with Gasteiger partial charge in [-0.2, -0.15) is 0 Å². The number of carboxylic acid groups (broad SMARTS) is 1. The van der Waals surface area contributed by atoms with E-state index in [0.717, 1.165) is 43.6 Å². The van der Waals surface area contributed by atoms with Gasteiger partial charge in [-0.25, -0.2) is 38.0 Å². The third-order valence-corrected chi connectivity index (χ3v) is 17.4. The van der Waals surface area contributed by atoms with Crippen molar-refractivity contribution in [3.8, 4) is 0 Å². The van der Waals surface area contributed by atoms with E-state index in [-0.39, 0.29) is 18.5 Å². The molecule has 38 heteroatoms. The van der Waals surface area contributed by atoms with Crippen LogP contribution in [-0.4, -0.2) is 198 Å². The van der Waals surface area contributed by atoms with E-state index in [4.69, 9.17) is 98.4 Å². The number of hydrazine groups is 2. The minimum Gasteiger partial charge on any atom is -0.480 e. The lowest BCUT2D eigenvalue weighted by Crippen LogP contribution is -2.60. The first kappa shape index (κ1) is 99.1. The Labute approximate surface area is 686 Å². The number of nitrogens with one attached hydrogen (secondary N) is 6. The number of alkyl halides is 10. The molecule has 8 atom stereocenters. The SMILES string of the molecule is C=CC(CF)(CF)C(=O)O.CC(C)[C@H](O)C(=O)N[C@@H](C)C(=O)N1CCC[C@@H](C(=O)OCC(Cl)(Cl)Cl)N1.CC(C)[C@H](OC(=O)C(/C=C/c1ccc2ccc([C@@H](C)NC(=O)OC(C)(C)C)nc2c1)(CF)CF)C(=O)N[C@@H](C)C(=O)N1CCC[C@@H](C(=O)OCC(Cl)(Cl)Cl)N1.C[C@@H](NC(=O)OC(C)(C)C)c1ccc2ccc(Br)cc2n1. The van der Waals surface area contributed by atoms with Gasteiger partial charge in [-0.1, -0.05) is 162 Å². The van der Waals surface area contributed by atoms with Crippen LogP contribution in [0.5, 0.6) is 0 Å². The fourth-order valence-corrected chi connectivity index (χ4v) is 10.5. The quantitative estimate of drug-likeness (QED) is 0.00951. The molecule has 112 heavy (non-hydrogen) atoms. The van der Waals surface area contributed by atoms with E-state index in [1.165, 1.54) is 24.9 Å². The van der Waals surface area contributed by atoms with Crippen LogP contribution in [0.2, 0.25) is 0 Å². The number of carbonyl (C=O) groups is 10. The molecule has 2 saturated heterocycles. The molecule has 4 aromatic rings. The summed E-state index contributed by atoms with van der Waals surface area (Å²) in [7, 11) is 0. The molecule has 2 aliphatic heterocycles. The lowest BCUT2D eigenvalue weighted by atomic mass is 9.89. The van der Waals surface area contributed by atoms with Crippen LogP contribution in [0, 0.1) is 22.7 Å². The van der Waals surface area contributed by atoms with Crippen molar-refractivity contribution in [3.05, 3.63) is 101 Å². The van der Waals surface area contributed by atoms with Crippen molar-refractivity contribution in [2.45, 2.75) is 190 Å². The van der Waals surface area contributed by atoms with Gasteiger partial charge in [-0.15, -0.1) is 6.58 Å². The van der Waals surface area contributed by atoms with Crippen LogP contribution in [-0.2, 0) is 62.0 Å². The van der Waals surface area contributed by atoms with Gasteiger partial charge in [0.15, 0.2) is 6.10 Å². The Bertz CT molecular complexity index is 3920. The van der Waals surface area contributed by atoms with Crippen LogP contribution in [0.3, 0.4) is 0 Å². The molecule has 4 heterocycles. The Kier molecular flexibility index (Phi) is 39.5. The number of pyridine rings is 2. The molecule has 8 N–H and O–H groups in total. The normalized spacial score (nSPS) is 16.5. The summed E-state index contributed by atoms with van der Waals surface area (Å²) in [5.74, 6) is -7.71. The summed E-state index contributed by atoms with van der Waals surface area (Å²) in [6.07, 6.45) is 1.17. The first-order valence-electron chi connectivity index (χ1n) is 35.2. The molecule has 6 rings (SSSR count). The summed E-state index contributed by atoms with van der Waals surface area (Å²) < 4.78 is 76.3. The highest BCUT2D eigenvalue weighted by atomic mass is 79.9. The molecule has 0 aliphatic carbocycles. The number of carboxylic acids is 1. The Morgan fingerprint density at radius 2 is 1.00 bits per heavy atom. The number of carbonyl (C=O) groups excluding carboxylic acids is 9. The van der Waals surface area contributed by atoms with E-state index in [1.54, 1.807) is 79.7 Å². The highest BCUT2D eigenvalue weighted by Crippen LogP contribution is 2.31. The van der Waals surface area contributed by atoms with Gasteiger partial charge >= 0.3 is 36.1 Å². The van der Waals surface area contributed by atoms with Gasteiger partial charge in [0.25, 0.3) is 17.7 Å². The zero-order valence-corrected chi connectivity index (χ0v) is 70.6. The first-order chi connectivity index (χ1) is 51.9. The van der Waals surface area contributed by atoms with Crippen molar-refractivity contribution in [2.24, 2.45) is 22.7 Å². The molecule has 27 nitrogen and oxygen atoms in total. The summed E-state index contributed by atoms with van der Waals surface area (Å²) >= 11 is 37.0. The average Bonchev–Trinajstić information content (AvgIpc) is 0.812. The van der Waals surface area contributed by atoms with Gasteiger partial charge in [0.2, 0.25) is 13.5 Å². The molecular formula is C74H99BrCl6F4N10O17. The number of aromatic nitrogens is 2. The molecule has 0 bridgehead atoms. The predicted molar refractivity (Wildman–Crippen MR) is 421 cm³/mol. The number of benzene rings is 2. The van der Waals surface area contributed by atoms with Crippen molar-refractivity contribution in [1.29, 1.82) is 0 Å². The molecule has 2 aromatic heterocycles. The number of aliphatic hydroxyl groups excluding tert-OH is 1. The molecule has 0 spiro atoms. The lowest BCUT2D eigenvalue weighted by molar-refractivity contribution is -0.168.